The van der Waals surface area contributed by atoms with Crippen molar-refractivity contribution in [2.75, 3.05) is 13.2 Å². The lowest BCUT2D eigenvalue weighted by atomic mass is 10.1. The van der Waals surface area contributed by atoms with Gasteiger partial charge in [0.2, 0.25) is 5.17 Å². The largest absolute Gasteiger partial charge is 0.493 e. The van der Waals surface area contributed by atoms with Gasteiger partial charge < -0.3 is 9.47 Å². The number of rotatable bonds is 8. The van der Waals surface area contributed by atoms with Gasteiger partial charge in [-0.05, 0) is 84.8 Å². The molecule has 2 aromatic carbocycles. The molecule has 8 nitrogen and oxygen atoms in total. The number of carbonyl (C=O) groups excluding carboxylic acids is 1. The topological polar surface area (TPSA) is 100 Å². The molecular formula is C28H25N5O3S. The first kappa shape index (κ1) is 24.5. The van der Waals surface area contributed by atoms with E-state index in [4.69, 9.17) is 14.9 Å². The Kier molecular flexibility index (Phi) is 7.14. The van der Waals surface area contributed by atoms with Crippen LogP contribution in [0.4, 0.5) is 0 Å². The minimum absolute atomic E-state index is 0.00878. The molecule has 37 heavy (non-hydrogen) atoms. The lowest BCUT2D eigenvalue weighted by Gasteiger charge is -2.20. The first-order valence-electron chi connectivity index (χ1n) is 11.8. The number of carbonyl (C=O) groups is 1. The molecule has 186 valence electrons. The summed E-state index contributed by atoms with van der Waals surface area (Å²) in [6.45, 7) is 5.20. The van der Waals surface area contributed by atoms with Crippen LogP contribution in [0.1, 0.15) is 28.7 Å². The quantitative estimate of drug-likeness (QED) is 0.329. The highest BCUT2D eigenvalue weighted by Gasteiger charge is 2.36. The number of amides is 1. The first-order chi connectivity index (χ1) is 18.0. The molecule has 1 aromatic heterocycles. The Hall–Kier alpha value is -4.24. The van der Waals surface area contributed by atoms with Crippen LogP contribution in [-0.2, 0) is 4.79 Å². The number of fused-ring (bicyclic) bond motifs is 1. The van der Waals surface area contributed by atoms with Gasteiger partial charge in [-0.3, -0.25) is 15.2 Å². The van der Waals surface area contributed by atoms with Crippen molar-refractivity contribution in [1.82, 2.24) is 9.99 Å². The fourth-order valence-electron chi connectivity index (χ4n) is 3.88. The Balaban J connectivity index is 1.17. The van der Waals surface area contributed by atoms with E-state index in [1.165, 1.54) is 27.9 Å². The maximum absolute atomic E-state index is 12.7. The van der Waals surface area contributed by atoms with Gasteiger partial charge in [-0.25, -0.2) is 0 Å². The number of aromatic nitrogens is 1. The molecule has 0 saturated carbocycles. The van der Waals surface area contributed by atoms with E-state index in [2.05, 4.69) is 35.0 Å². The predicted molar refractivity (Wildman–Crippen MR) is 146 cm³/mol. The molecule has 0 atom stereocenters. The summed E-state index contributed by atoms with van der Waals surface area (Å²) < 4.78 is 11.6. The molecule has 0 saturated heterocycles. The molecule has 0 bridgehead atoms. The van der Waals surface area contributed by atoms with Crippen LogP contribution in [-0.4, -0.2) is 45.2 Å². The third-order valence-corrected chi connectivity index (χ3v) is 6.53. The van der Waals surface area contributed by atoms with E-state index in [1.807, 2.05) is 48.5 Å². The fraction of sp³-hybridized carbons (Fsp3) is 0.179. The number of pyridine rings is 1. The van der Waals surface area contributed by atoms with Crippen LogP contribution < -0.4 is 9.47 Å². The van der Waals surface area contributed by atoms with Gasteiger partial charge >= 0.3 is 0 Å². The smallest absolute Gasteiger partial charge is 0.283 e. The van der Waals surface area contributed by atoms with Crippen molar-refractivity contribution < 1.29 is 14.3 Å². The number of benzene rings is 2. The number of ether oxygens (including phenoxy) is 2. The van der Waals surface area contributed by atoms with E-state index < -0.39 is 5.91 Å². The van der Waals surface area contributed by atoms with Crippen molar-refractivity contribution in [1.29, 1.82) is 5.41 Å². The standard InChI is InChI=1S/C28H25N5O3S/c1-18-13-19(2)15-23(14-18)36-12-4-11-35-22-8-6-20(7-9-22)16-24-25(29)33-28(31-26(24)34)37-27(32-33)21-5-3-10-30-17-21/h3,5-10,13-17,29H,4,11-12H2,1-2H3/b24-16-,29-25?. The first-order valence-corrected chi connectivity index (χ1v) is 12.6. The number of hydrazone groups is 1. The molecule has 0 spiro atoms. The van der Waals surface area contributed by atoms with Crippen LogP contribution in [0.15, 0.2) is 82.7 Å². The maximum atomic E-state index is 12.7. The third-order valence-electron chi connectivity index (χ3n) is 5.58. The van der Waals surface area contributed by atoms with E-state index in [0.717, 1.165) is 29.0 Å². The second-order valence-corrected chi connectivity index (χ2v) is 9.57. The van der Waals surface area contributed by atoms with Crippen LogP contribution in [0.5, 0.6) is 11.5 Å². The highest BCUT2D eigenvalue weighted by molar-refractivity contribution is 8.27. The lowest BCUT2D eigenvalue weighted by Crippen LogP contribution is -2.35. The maximum Gasteiger partial charge on any atom is 0.283 e. The average molecular weight is 512 g/mol. The van der Waals surface area contributed by atoms with Gasteiger partial charge in [-0.2, -0.15) is 15.1 Å². The number of aliphatic imine (C=N–C) groups is 1. The number of nitrogens with one attached hydrogen (secondary N) is 1. The second-order valence-electron chi connectivity index (χ2n) is 8.61. The summed E-state index contributed by atoms with van der Waals surface area (Å²) in [4.78, 5) is 20.9. The van der Waals surface area contributed by atoms with Crippen molar-refractivity contribution in [3.8, 4) is 11.5 Å². The minimum atomic E-state index is -0.462. The molecule has 0 fully saturated rings. The van der Waals surface area contributed by atoms with Gasteiger partial charge in [0.05, 0.1) is 18.8 Å². The second kappa shape index (κ2) is 10.8. The summed E-state index contributed by atoms with van der Waals surface area (Å²) in [5.74, 6) is 1.13. The molecule has 0 aliphatic carbocycles. The van der Waals surface area contributed by atoms with E-state index in [9.17, 15) is 4.79 Å². The Labute approximate surface area is 219 Å². The Bertz CT molecular complexity index is 1410. The number of aryl methyl sites for hydroxylation is 2. The Morgan fingerprint density at radius 1 is 1.00 bits per heavy atom. The van der Waals surface area contributed by atoms with Gasteiger partial charge in [0.15, 0.2) is 5.84 Å². The molecular weight excluding hydrogens is 486 g/mol. The molecule has 2 aliphatic heterocycles. The molecule has 9 heteroatoms. The number of hydrogen-bond acceptors (Lipinski definition) is 7. The molecule has 2 aliphatic rings. The Morgan fingerprint density at radius 3 is 2.43 bits per heavy atom. The lowest BCUT2D eigenvalue weighted by molar-refractivity contribution is -0.114. The monoisotopic (exact) mass is 511 g/mol. The normalized spacial score (nSPS) is 15.9. The van der Waals surface area contributed by atoms with Gasteiger partial charge in [-0.1, -0.05) is 18.2 Å². The van der Waals surface area contributed by atoms with Gasteiger partial charge in [0.1, 0.15) is 16.5 Å². The summed E-state index contributed by atoms with van der Waals surface area (Å²) in [5.41, 5.74) is 4.11. The molecule has 5 rings (SSSR count). The zero-order valence-corrected chi connectivity index (χ0v) is 21.3. The van der Waals surface area contributed by atoms with Crippen LogP contribution in [0, 0.1) is 19.3 Å². The molecule has 0 radical (unpaired) electrons. The number of nitrogens with zero attached hydrogens (tertiary/aromatic N) is 4. The van der Waals surface area contributed by atoms with Crippen molar-refractivity contribution in [3.05, 3.63) is 94.8 Å². The summed E-state index contributed by atoms with van der Waals surface area (Å²) >= 11 is 1.25. The average Bonchev–Trinajstić information content (AvgIpc) is 3.31. The Morgan fingerprint density at radius 2 is 1.73 bits per heavy atom. The van der Waals surface area contributed by atoms with E-state index in [1.54, 1.807) is 18.5 Å². The number of thioether (sulfide) groups is 1. The van der Waals surface area contributed by atoms with E-state index in [-0.39, 0.29) is 11.4 Å². The highest BCUT2D eigenvalue weighted by atomic mass is 32.2. The highest BCUT2D eigenvalue weighted by Crippen LogP contribution is 2.30. The SMILES string of the molecule is Cc1cc(C)cc(OCCCOc2ccc(/C=C3/C(=N)N4N=C(c5cccnc5)SC4=NC3=O)cc2)c1. The van der Waals surface area contributed by atoms with Crippen LogP contribution in [0.2, 0.25) is 0 Å². The summed E-state index contributed by atoms with van der Waals surface area (Å²) in [7, 11) is 0. The molecule has 0 unspecified atom stereocenters. The van der Waals surface area contributed by atoms with Gasteiger partial charge in [0, 0.05) is 24.4 Å². The van der Waals surface area contributed by atoms with Gasteiger partial charge in [-0.15, -0.1) is 0 Å². The van der Waals surface area contributed by atoms with Crippen molar-refractivity contribution in [2.45, 2.75) is 20.3 Å². The van der Waals surface area contributed by atoms with Crippen molar-refractivity contribution in [2.24, 2.45) is 10.1 Å². The molecule has 3 heterocycles. The van der Waals surface area contributed by atoms with Crippen molar-refractivity contribution in [3.63, 3.8) is 0 Å². The minimum Gasteiger partial charge on any atom is -0.493 e. The summed E-state index contributed by atoms with van der Waals surface area (Å²) in [5, 5.41) is 15.4. The van der Waals surface area contributed by atoms with E-state index in [0.29, 0.717) is 23.4 Å². The van der Waals surface area contributed by atoms with Crippen LogP contribution >= 0.6 is 11.8 Å². The summed E-state index contributed by atoms with van der Waals surface area (Å²) in [6, 6.07) is 17.2. The number of hydrogen-bond donors (Lipinski definition) is 1. The molecule has 3 aromatic rings. The zero-order chi connectivity index (χ0) is 25.8. The summed E-state index contributed by atoms with van der Waals surface area (Å²) in [6.07, 6.45) is 5.77. The zero-order valence-electron chi connectivity index (χ0n) is 20.5. The fourth-order valence-corrected chi connectivity index (χ4v) is 4.76. The van der Waals surface area contributed by atoms with Crippen molar-refractivity contribution >= 4 is 39.8 Å². The molecule has 1 amide bonds. The van der Waals surface area contributed by atoms with E-state index >= 15 is 0 Å². The predicted octanol–water partition coefficient (Wildman–Crippen LogP) is 5.21. The number of amidine groups is 2. The molecule has 1 N–H and O–H groups in total. The van der Waals surface area contributed by atoms with Crippen LogP contribution in [0.25, 0.3) is 6.08 Å². The third kappa shape index (κ3) is 5.78. The van der Waals surface area contributed by atoms with Crippen LogP contribution in [0.3, 0.4) is 0 Å². The van der Waals surface area contributed by atoms with Gasteiger partial charge in [0.25, 0.3) is 5.91 Å².